The molecule has 0 aromatic heterocycles. The minimum Gasteiger partial charge on any atom is -0.508 e. The second kappa shape index (κ2) is 6.15. The minimum absolute atomic E-state index is 0.121. The Morgan fingerprint density at radius 1 is 1.21 bits per heavy atom. The van der Waals surface area contributed by atoms with Gasteiger partial charge in [-0.1, -0.05) is 6.42 Å². The van der Waals surface area contributed by atoms with Crippen LogP contribution >= 0.6 is 11.6 Å². The number of phenols is 2. The molecule has 104 valence electrons. The van der Waals surface area contributed by atoms with Crippen molar-refractivity contribution in [2.75, 3.05) is 12.4 Å². The number of amides is 1. The molecule has 3 N–H and O–H groups in total. The van der Waals surface area contributed by atoms with Gasteiger partial charge in [0.2, 0.25) is 0 Å². The third-order valence-electron chi connectivity index (χ3n) is 3.70. The Bertz CT molecular complexity index is 444. The number of carbonyl (C=O) groups excluding carboxylic acids is 1. The number of nitrogens with one attached hydrogen (secondary N) is 1. The lowest BCUT2D eigenvalue weighted by atomic mass is 9.98. The fourth-order valence-electron chi connectivity index (χ4n) is 2.64. The van der Waals surface area contributed by atoms with E-state index >= 15 is 0 Å². The van der Waals surface area contributed by atoms with Crippen LogP contribution in [0, 0.1) is 11.8 Å². The Balaban J connectivity index is 1.94. The molecule has 1 aliphatic carbocycles. The quantitative estimate of drug-likeness (QED) is 0.744. The molecule has 0 bridgehead atoms. The molecule has 1 aromatic carbocycles. The summed E-state index contributed by atoms with van der Waals surface area (Å²) in [5.74, 6) is 1.00. The van der Waals surface area contributed by atoms with Crippen LogP contribution in [0.1, 0.15) is 29.6 Å². The van der Waals surface area contributed by atoms with Crippen molar-refractivity contribution in [1.82, 2.24) is 5.32 Å². The third kappa shape index (κ3) is 3.53. The number of aromatic hydroxyl groups is 2. The molecular weight excluding hydrogens is 266 g/mol. The maximum absolute atomic E-state index is 11.9. The first-order valence-electron chi connectivity index (χ1n) is 6.47. The van der Waals surface area contributed by atoms with Crippen molar-refractivity contribution in [3.63, 3.8) is 0 Å². The zero-order chi connectivity index (χ0) is 13.8. The van der Waals surface area contributed by atoms with Crippen LogP contribution in [-0.4, -0.2) is 28.5 Å². The van der Waals surface area contributed by atoms with Crippen LogP contribution in [0.4, 0.5) is 0 Å². The van der Waals surface area contributed by atoms with Gasteiger partial charge in [-0.2, -0.15) is 0 Å². The molecule has 2 unspecified atom stereocenters. The monoisotopic (exact) mass is 283 g/mol. The van der Waals surface area contributed by atoms with E-state index in [0.717, 1.165) is 19.3 Å². The number of phenolic OH excluding ortho intramolecular Hbond substituents is 2. The zero-order valence-electron chi connectivity index (χ0n) is 10.6. The summed E-state index contributed by atoms with van der Waals surface area (Å²) >= 11 is 5.90. The summed E-state index contributed by atoms with van der Waals surface area (Å²) in [5, 5.41) is 21.5. The predicted molar refractivity (Wildman–Crippen MR) is 73.7 cm³/mol. The van der Waals surface area contributed by atoms with E-state index in [1.807, 2.05) is 0 Å². The average Bonchev–Trinajstić information content (AvgIpc) is 2.82. The number of rotatable bonds is 4. The van der Waals surface area contributed by atoms with Gasteiger partial charge in [-0.15, -0.1) is 11.6 Å². The Morgan fingerprint density at radius 2 is 1.84 bits per heavy atom. The van der Waals surface area contributed by atoms with E-state index in [9.17, 15) is 15.0 Å². The van der Waals surface area contributed by atoms with Gasteiger partial charge in [0.25, 0.3) is 5.91 Å². The Hall–Kier alpha value is -1.42. The zero-order valence-corrected chi connectivity index (χ0v) is 11.4. The fourth-order valence-corrected chi connectivity index (χ4v) is 3.04. The topological polar surface area (TPSA) is 69.6 Å². The lowest BCUT2D eigenvalue weighted by Gasteiger charge is -2.17. The minimum atomic E-state index is -0.286. The van der Waals surface area contributed by atoms with E-state index in [0.29, 0.717) is 24.3 Å². The maximum atomic E-state index is 11.9. The van der Waals surface area contributed by atoms with E-state index < -0.39 is 0 Å². The van der Waals surface area contributed by atoms with E-state index in [1.165, 1.54) is 18.2 Å². The van der Waals surface area contributed by atoms with Crippen LogP contribution in [0.5, 0.6) is 11.5 Å². The van der Waals surface area contributed by atoms with E-state index in [1.54, 1.807) is 0 Å². The van der Waals surface area contributed by atoms with E-state index in [2.05, 4.69) is 5.32 Å². The van der Waals surface area contributed by atoms with Crippen LogP contribution in [0.2, 0.25) is 0 Å². The number of hydrogen-bond donors (Lipinski definition) is 3. The van der Waals surface area contributed by atoms with Gasteiger partial charge in [0.1, 0.15) is 11.5 Å². The predicted octanol–water partition coefficient (Wildman–Crippen LogP) is 2.48. The lowest BCUT2D eigenvalue weighted by molar-refractivity contribution is 0.0944. The Kier molecular flexibility index (Phi) is 4.53. The molecule has 1 amide bonds. The van der Waals surface area contributed by atoms with Crippen LogP contribution in [0.25, 0.3) is 0 Å². The van der Waals surface area contributed by atoms with E-state index in [4.69, 9.17) is 11.6 Å². The number of hydrogen-bond acceptors (Lipinski definition) is 3. The highest BCUT2D eigenvalue weighted by atomic mass is 35.5. The summed E-state index contributed by atoms with van der Waals surface area (Å²) in [6.07, 6.45) is 3.37. The standard InChI is InChI=1S/C14H18ClNO3/c15-7-9-2-1-3-10(9)8-16-14(19)11-4-12(17)6-13(18)5-11/h4-6,9-10,17-18H,1-3,7-8H2,(H,16,19). The molecule has 4 nitrogen and oxygen atoms in total. The van der Waals surface area contributed by atoms with Crippen LogP contribution in [0.3, 0.4) is 0 Å². The molecule has 1 fully saturated rings. The molecule has 5 heteroatoms. The summed E-state index contributed by atoms with van der Waals surface area (Å²) in [6, 6.07) is 3.86. The van der Waals surface area contributed by atoms with Crippen molar-refractivity contribution in [2.24, 2.45) is 11.8 Å². The van der Waals surface area contributed by atoms with Gasteiger partial charge in [-0.3, -0.25) is 4.79 Å². The Morgan fingerprint density at radius 3 is 2.47 bits per heavy atom. The summed E-state index contributed by atoms with van der Waals surface area (Å²) < 4.78 is 0. The third-order valence-corrected chi connectivity index (χ3v) is 4.10. The first kappa shape index (κ1) is 14.0. The fraction of sp³-hybridized carbons (Fsp3) is 0.500. The second-order valence-corrected chi connectivity index (χ2v) is 5.36. The lowest BCUT2D eigenvalue weighted by Crippen LogP contribution is -2.31. The maximum Gasteiger partial charge on any atom is 0.251 e. The first-order chi connectivity index (χ1) is 9.10. The molecule has 0 saturated heterocycles. The van der Waals surface area contributed by atoms with Gasteiger partial charge in [0.05, 0.1) is 0 Å². The van der Waals surface area contributed by atoms with Crippen LogP contribution in [0.15, 0.2) is 18.2 Å². The van der Waals surface area contributed by atoms with Gasteiger partial charge in [-0.05, 0) is 36.8 Å². The normalized spacial score (nSPS) is 22.4. The van der Waals surface area contributed by atoms with Crippen molar-refractivity contribution in [3.05, 3.63) is 23.8 Å². The van der Waals surface area contributed by atoms with Crippen LogP contribution < -0.4 is 5.32 Å². The molecule has 1 saturated carbocycles. The van der Waals surface area contributed by atoms with Gasteiger partial charge >= 0.3 is 0 Å². The number of benzene rings is 1. The highest BCUT2D eigenvalue weighted by molar-refractivity contribution is 6.18. The van der Waals surface area contributed by atoms with Crippen molar-refractivity contribution < 1.29 is 15.0 Å². The van der Waals surface area contributed by atoms with Crippen molar-refractivity contribution in [1.29, 1.82) is 0 Å². The summed E-state index contributed by atoms with van der Waals surface area (Å²) in [6.45, 7) is 0.590. The van der Waals surface area contributed by atoms with Crippen molar-refractivity contribution >= 4 is 17.5 Å². The highest BCUT2D eigenvalue weighted by Gasteiger charge is 2.26. The average molecular weight is 284 g/mol. The van der Waals surface area contributed by atoms with Gasteiger partial charge in [0, 0.05) is 24.1 Å². The van der Waals surface area contributed by atoms with Gasteiger partial charge in [-0.25, -0.2) is 0 Å². The molecular formula is C14H18ClNO3. The number of alkyl halides is 1. The number of carbonyl (C=O) groups is 1. The van der Waals surface area contributed by atoms with Gasteiger partial charge < -0.3 is 15.5 Å². The van der Waals surface area contributed by atoms with Gasteiger partial charge in [0.15, 0.2) is 0 Å². The smallest absolute Gasteiger partial charge is 0.251 e. The molecule has 2 atom stereocenters. The summed E-state index contributed by atoms with van der Waals surface area (Å²) in [5.41, 5.74) is 0.262. The molecule has 2 rings (SSSR count). The highest BCUT2D eigenvalue weighted by Crippen LogP contribution is 2.32. The van der Waals surface area contributed by atoms with Crippen LogP contribution in [-0.2, 0) is 0 Å². The summed E-state index contributed by atoms with van der Waals surface area (Å²) in [7, 11) is 0. The van der Waals surface area contributed by atoms with E-state index in [-0.39, 0.29) is 23.0 Å². The van der Waals surface area contributed by atoms with Crippen molar-refractivity contribution in [3.8, 4) is 11.5 Å². The first-order valence-corrected chi connectivity index (χ1v) is 7.01. The summed E-state index contributed by atoms with van der Waals surface area (Å²) in [4.78, 5) is 11.9. The molecule has 0 heterocycles. The Labute approximate surface area is 117 Å². The largest absolute Gasteiger partial charge is 0.508 e. The second-order valence-electron chi connectivity index (χ2n) is 5.05. The molecule has 1 aliphatic rings. The molecule has 1 aromatic rings. The molecule has 0 spiro atoms. The number of halogens is 1. The van der Waals surface area contributed by atoms with Crippen molar-refractivity contribution in [2.45, 2.75) is 19.3 Å². The molecule has 19 heavy (non-hydrogen) atoms. The molecule has 0 aliphatic heterocycles. The SMILES string of the molecule is O=C(NCC1CCCC1CCl)c1cc(O)cc(O)c1. The molecule has 0 radical (unpaired) electrons.